The lowest BCUT2D eigenvalue weighted by molar-refractivity contribution is 0.669. The van der Waals surface area contributed by atoms with Crippen molar-refractivity contribution in [2.24, 2.45) is 7.05 Å². The van der Waals surface area contributed by atoms with Gasteiger partial charge in [0, 0.05) is 38.3 Å². The van der Waals surface area contributed by atoms with Gasteiger partial charge in [0.1, 0.15) is 11.3 Å². The van der Waals surface area contributed by atoms with Crippen LogP contribution in [0, 0.1) is 0 Å². The number of hydrogen-bond donors (Lipinski definition) is 0. The summed E-state index contributed by atoms with van der Waals surface area (Å²) in [6, 6.07) is 3.89. The van der Waals surface area contributed by atoms with Crippen molar-refractivity contribution in [3.8, 4) is 0 Å². The van der Waals surface area contributed by atoms with Crippen LogP contribution in [0.4, 0.5) is 0 Å². The van der Waals surface area contributed by atoms with Gasteiger partial charge in [0.2, 0.25) is 0 Å². The molecule has 3 heterocycles. The molecule has 3 aromatic rings. The maximum atomic E-state index is 5.87. The van der Waals surface area contributed by atoms with E-state index in [0.717, 1.165) is 36.4 Å². The van der Waals surface area contributed by atoms with Crippen molar-refractivity contribution in [2.75, 3.05) is 5.88 Å². The molecule has 6 heteroatoms. The molecule has 0 amide bonds. The van der Waals surface area contributed by atoms with E-state index in [1.54, 1.807) is 6.20 Å². The molecule has 0 unspecified atom stereocenters. The first kappa shape index (κ1) is 13.1. The van der Waals surface area contributed by atoms with Gasteiger partial charge >= 0.3 is 0 Å². The van der Waals surface area contributed by atoms with E-state index in [0.29, 0.717) is 5.88 Å². The summed E-state index contributed by atoms with van der Waals surface area (Å²) in [4.78, 5) is 9.05. The van der Waals surface area contributed by atoms with E-state index in [9.17, 15) is 0 Å². The van der Waals surface area contributed by atoms with Crippen LogP contribution in [0.2, 0.25) is 0 Å². The molecule has 0 N–H and O–H groups in total. The van der Waals surface area contributed by atoms with Gasteiger partial charge in [0.25, 0.3) is 0 Å². The van der Waals surface area contributed by atoms with Crippen LogP contribution >= 0.6 is 11.6 Å². The van der Waals surface area contributed by atoms with Crippen LogP contribution in [0.1, 0.15) is 11.4 Å². The van der Waals surface area contributed by atoms with E-state index in [1.165, 1.54) is 5.56 Å². The lowest BCUT2D eigenvalue weighted by Gasteiger charge is -2.06. The van der Waals surface area contributed by atoms with Gasteiger partial charge < -0.3 is 4.57 Å². The molecule has 0 saturated heterocycles. The molecule has 20 heavy (non-hydrogen) atoms. The normalized spacial score (nSPS) is 11.3. The van der Waals surface area contributed by atoms with E-state index in [4.69, 9.17) is 11.6 Å². The van der Waals surface area contributed by atoms with E-state index in [1.807, 2.05) is 36.3 Å². The Hall–Kier alpha value is -1.88. The SMILES string of the molecule is Cn1cc(CCn2c(CCCl)nc3cccnc32)cn1. The van der Waals surface area contributed by atoms with Crippen molar-refractivity contribution in [3.63, 3.8) is 0 Å². The zero-order valence-electron chi connectivity index (χ0n) is 11.3. The highest BCUT2D eigenvalue weighted by Gasteiger charge is 2.11. The Bertz CT molecular complexity index is 715. The van der Waals surface area contributed by atoms with Crippen molar-refractivity contribution in [1.29, 1.82) is 0 Å². The quantitative estimate of drug-likeness (QED) is 0.677. The average Bonchev–Trinajstić information content (AvgIpc) is 3.00. The van der Waals surface area contributed by atoms with Crippen molar-refractivity contribution in [1.82, 2.24) is 24.3 Å². The Morgan fingerprint density at radius 3 is 2.95 bits per heavy atom. The van der Waals surface area contributed by atoms with Gasteiger partial charge in [0.15, 0.2) is 5.65 Å². The number of alkyl halides is 1. The zero-order chi connectivity index (χ0) is 13.9. The Kier molecular flexibility index (Phi) is 3.69. The van der Waals surface area contributed by atoms with Gasteiger partial charge in [-0.25, -0.2) is 9.97 Å². The molecule has 0 atom stereocenters. The highest BCUT2D eigenvalue weighted by molar-refractivity contribution is 6.17. The van der Waals surface area contributed by atoms with Crippen LogP contribution < -0.4 is 0 Å². The number of fused-ring (bicyclic) bond motifs is 1. The maximum absolute atomic E-state index is 5.87. The van der Waals surface area contributed by atoms with E-state index in [-0.39, 0.29) is 0 Å². The van der Waals surface area contributed by atoms with Crippen LogP contribution in [0.25, 0.3) is 11.2 Å². The first-order valence-corrected chi connectivity index (χ1v) is 7.15. The van der Waals surface area contributed by atoms with Gasteiger partial charge in [-0.3, -0.25) is 4.68 Å². The fourth-order valence-electron chi connectivity index (χ4n) is 2.36. The third kappa shape index (κ3) is 2.54. The number of imidazole rings is 1. The second kappa shape index (κ2) is 5.63. The maximum Gasteiger partial charge on any atom is 0.159 e. The minimum absolute atomic E-state index is 0.566. The summed E-state index contributed by atoms with van der Waals surface area (Å²) in [7, 11) is 1.93. The molecule has 0 spiro atoms. The lowest BCUT2D eigenvalue weighted by atomic mass is 10.2. The molecule has 0 aliphatic heterocycles. The van der Waals surface area contributed by atoms with Crippen LogP contribution in [-0.2, 0) is 26.4 Å². The third-order valence-electron chi connectivity index (χ3n) is 3.28. The molecule has 0 aliphatic carbocycles. The van der Waals surface area contributed by atoms with Crippen LogP contribution in [0.5, 0.6) is 0 Å². The number of aryl methyl sites for hydroxylation is 4. The monoisotopic (exact) mass is 289 g/mol. The summed E-state index contributed by atoms with van der Waals surface area (Å²) in [5.74, 6) is 1.56. The van der Waals surface area contributed by atoms with Crippen LogP contribution in [0.3, 0.4) is 0 Å². The Labute approximate surface area is 122 Å². The van der Waals surface area contributed by atoms with Gasteiger partial charge in [-0.15, -0.1) is 11.6 Å². The molecule has 0 radical (unpaired) electrons. The second-order valence-corrected chi connectivity index (χ2v) is 5.12. The summed E-state index contributed by atoms with van der Waals surface area (Å²) in [5, 5.41) is 4.19. The Morgan fingerprint density at radius 2 is 2.20 bits per heavy atom. The van der Waals surface area contributed by atoms with Crippen molar-refractivity contribution >= 4 is 22.8 Å². The second-order valence-electron chi connectivity index (χ2n) is 4.74. The average molecular weight is 290 g/mol. The van der Waals surface area contributed by atoms with Gasteiger partial charge in [-0.1, -0.05) is 0 Å². The molecule has 0 saturated carbocycles. The predicted octanol–water partition coefficient (Wildman–Crippen LogP) is 2.19. The summed E-state index contributed by atoms with van der Waals surface area (Å²) in [6.45, 7) is 0.839. The van der Waals surface area contributed by atoms with Gasteiger partial charge in [-0.05, 0) is 24.1 Å². The number of nitrogens with zero attached hydrogens (tertiary/aromatic N) is 5. The largest absolute Gasteiger partial charge is 0.312 e. The summed E-state index contributed by atoms with van der Waals surface area (Å²) in [6.07, 6.45) is 7.40. The van der Waals surface area contributed by atoms with E-state index in [2.05, 4.69) is 19.6 Å². The van der Waals surface area contributed by atoms with Crippen molar-refractivity contribution in [2.45, 2.75) is 19.4 Å². The summed E-state index contributed by atoms with van der Waals surface area (Å²) < 4.78 is 3.98. The van der Waals surface area contributed by atoms with Crippen LogP contribution in [0.15, 0.2) is 30.7 Å². The Balaban J connectivity index is 1.90. The van der Waals surface area contributed by atoms with Gasteiger partial charge in [-0.2, -0.15) is 5.10 Å². The van der Waals surface area contributed by atoms with Crippen LogP contribution in [-0.4, -0.2) is 30.2 Å². The number of halogens is 1. The zero-order valence-corrected chi connectivity index (χ0v) is 12.1. The molecule has 0 aliphatic rings. The fourth-order valence-corrected chi connectivity index (χ4v) is 2.53. The number of hydrogen-bond acceptors (Lipinski definition) is 3. The van der Waals surface area contributed by atoms with E-state index < -0.39 is 0 Å². The first-order valence-electron chi connectivity index (χ1n) is 6.61. The fraction of sp³-hybridized carbons (Fsp3) is 0.357. The number of pyridine rings is 1. The number of aromatic nitrogens is 5. The smallest absolute Gasteiger partial charge is 0.159 e. The topological polar surface area (TPSA) is 48.5 Å². The molecule has 3 aromatic heterocycles. The molecular weight excluding hydrogens is 274 g/mol. The van der Waals surface area contributed by atoms with Crippen molar-refractivity contribution < 1.29 is 0 Å². The molecule has 104 valence electrons. The third-order valence-corrected chi connectivity index (χ3v) is 3.47. The molecule has 0 bridgehead atoms. The van der Waals surface area contributed by atoms with Gasteiger partial charge in [0.05, 0.1) is 6.20 Å². The Morgan fingerprint density at radius 1 is 1.30 bits per heavy atom. The number of rotatable bonds is 5. The predicted molar refractivity (Wildman–Crippen MR) is 78.9 cm³/mol. The van der Waals surface area contributed by atoms with Crippen molar-refractivity contribution in [3.05, 3.63) is 42.1 Å². The standard InChI is InChI=1S/C14H16ClN5/c1-19-10-11(9-17-19)5-8-20-13(4-6-15)18-12-3-2-7-16-14(12)20/h2-3,7,9-10H,4-6,8H2,1H3. The molecular formula is C14H16ClN5. The van der Waals surface area contributed by atoms with E-state index >= 15 is 0 Å². The molecule has 0 fully saturated rings. The molecule has 0 aromatic carbocycles. The summed E-state index contributed by atoms with van der Waals surface area (Å²) in [5.41, 5.74) is 3.07. The summed E-state index contributed by atoms with van der Waals surface area (Å²) >= 11 is 5.87. The highest BCUT2D eigenvalue weighted by Crippen LogP contribution is 2.15. The molecule has 3 rings (SSSR count). The minimum Gasteiger partial charge on any atom is -0.312 e. The minimum atomic E-state index is 0.566. The molecule has 5 nitrogen and oxygen atoms in total. The highest BCUT2D eigenvalue weighted by atomic mass is 35.5. The first-order chi connectivity index (χ1) is 9.78. The lowest BCUT2D eigenvalue weighted by Crippen LogP contribution is -2.07.